The van der Waals surface area contributed by atoms with E-state index in [1.807, 2.05) is 33.8 Å². The fraction of sp³-hybridized carbons (Fsp3) is 0.538. The average Bonchev–Trinajstić information content (AvgIpc) is 2.25. The minimum atomic E-state index is -3.51. The minimum Gasteiger partial charge on any atom is -0.329 e. The number of nitrogens with one attached hydrogen (secondary N) is 1. The number of sulfonamides is 1. The van der Waals surface area contributed by atoms with Crippen molar-refractivity contribution in [2.75, 3.05) is 6.54 Å². The standard InChI is InChI=1S/C13H22N2O2S/c1-8-6-9(2)12(5)13(11(8)4)18(16,17)15-10(3)7-14/h6,10,15H,7,14H2,1-5H3/t10-/m1/s1. The van der Waals surface area contributed by atoms with Crippen molar-refractivity contribution in [2.45, 2.75) is 45.6 Å². The zero-order valence-corrected chi connectivity index (χ0v) is 12.5. The summed E-state index contributed by atoms with van der Waals surface area (Å²) in [6, 6.07) is 1.74. The van der Waals surface area contributed by atoms with Gasteiger partial charge < -0.3 is 5.73 Å². The van der Waals surface area contributed by atoms with Crippen LogP contribution in [0, 0.1) is 27.7 Å². The Morgan fingerprint density at radius 1 is 1.17 bits per heavy atom. The summed E-state index contributed by atoms with van der Waals surface area (Å²) in [6.45, 7) is 9.56. The predicted octanol–water partition coefficient (Wildman–Crippen LogP) is 1.55. The van der Waals surface area contributed by atoms with E-state index in [0.29, 0.717) is 4.90 Å². The first-order chi connectivity index (χ1) is 8.20. The lowest BCUT2D eigenvalue weighted by atomic mass is 10.0. The van der Waals surface area contributed by atoms with Gasteiger partial charge in [-0.1, -0.05) is 6.07 Å². The monoisotopic (exact) mass is 270 g/mol. The maximum absolute atomic E-state index is 12.4. The van der Waals surface area contributed by atoms with Crippen molar-refractivity contribution >= 4 is 10.0 Å². The molecule has 102 valence electrons. The predicted molar refractivity (Wildman–Crippen MR) is 74.2 cm³/mol. The molecule has 0 aromatic heterocycles. The molecule has 5 heteroatoms. The first-order valence-electron chi connectivity index (χ1n) is 6.00. The van der Waals surface area contributed by atoms with E-state index in [0.717, 1.165) is 22.3 Å². The zero-order valence-electron chi connectivity index (χ0n) is 11.7. The van der Waals surface area contributed by atoms with Gasteiger partial charge in [0, 0.05) is 12.6 Å². The third-order valence-corrected chi connectivity index (χ3v) is 5.14. The fourth-order valence-corrected chi connectivity index (χ4v) is 3.83. The highest BCUT2D eigenvalue weighted by atomic mass is 32.2. The Morgan fingerprint density at radius 3 is 2.00 bits per heavy atom. The summed E-state index contributed by atoms with van der Waals surface area (Å²) in [5.74, 6) is 0. The zero-order chi connectivity index (χ0) is 14.1. The van der Waals surface area contributed by atoms with Crippen LogP contribution in [0.15, 0.2) is 11.0 Å². The maximum atomic E-state index is 12.4. The van der Waals surface area contributed by atoms with E-state index in [1.54, 1.807) is 6.92 Å². The van der Waals surface area contributed by atoms with E-state index in [1.165, 1.54) is 0 Å². The van der Waals surface area contributed by atoms with Gasteiger partial charge in [0.25, 0.3) is 0 Å². The van der Waals surface area contributed by atoms with Crippen molar-refractivity contribution in [2.24, 2.45) is 5.73 Å². The van der Waals surface area contributed by atoms with Crippen LogP contribution < -0.4 is 10.5 Å². The number of aryl methyl sites for hydroxylation is 2. The molecule has 0 heterocycles. The Bertz CT molecular complexity index is 524. The van der Waals surface area contributed by atoms with Gasteiger partial charge in [-0.15, -0.1) is 0 Å². The lowest BCUT2D eigenvalue weighted by Gasteiger charge is -2.18. The largest absolute Gasteiger partial charge is 0.329 e. The summed E-state index contributed by atoms with van der Waals surface area (Å²) in [7, 11) is -3.51. The molecule has 0 bridgehead atoms. The molecule has 1 rings (SSSR count). The van der Waals surface area contributed by atoms with Gasteiger partial charge in [0.1, 0.15) is 0 Å². The Morgan fingerprint density at radius 2 is 1.61 bits per heavy atom. The van der Waals surface area contributed by atoms with E-state index in [4.69, 9.17) is 5.73 Å². The molecule has 0 aliphatic heterocycles. The van der Waals surface area contributed by atoms with Crippen LogP contribution in [-0.4, -0.2) is 21.0 Å². The second-order valence-electron chi connectivity index (χ2n) is 4.85. The van der Waals surface area contributed by atoms with Gasteiger partial charge in [-0.25, -0.2) is 13.1 Å². The summed E-state index contributed by atoms with van der Waals surface area (Å²) in [6.07, 6.45) is 0. The summed E-state index contributed by atoms with van der Waals surface area (Å²) < 4.78 is 27.4. The van der Waals surface area contributed by atoms with Crippen LogP contribution in [-0.2, 0) is 10.0 Å². The van der Waals surface area contributed by atoms with Crippen LogP contribution >= 0.6 is 0 Å². The second kappa shape index (κ2) is 5.38. The highest BCUT2D eigenvalue weighted by Crippen LogP contribution is 2.25. The molecule has 4 nitrogen and oxygen atoms in total. The maximum Gasteiger partial charge on any atom is 0.241 e. The number of rotatable bonds is 4. The molecule has 1 aromatic rings. The van der Waals surface area contributed by atoms with Crippen molar-refractivity contribution in [3.05, 3.63) is 28.3 Å². The van der Waals surface area contributed by atoms with Gasteiger partial charge in [-0.3, -0.25) is 0 Å². The molecule has 0 fully saturated rings. The van der Waals surface area contributed by atoms with Crippen LogP contribution in [0.5, 0.6) is 0 Å². The van der Waals surface area contributed by atoms with Crippen LogP contribution in [0.2, 0.25) is 0 Å². The molecule has 0 aliphatic carbocycles. The summed E-state index contributed by atoms with van der Waals surface area (Å²) >= 11 is 0. The average molecular weight is 270 g/mol. The Kier molecular flexibility index (Phi) is 4.53. The van der Waals surface area contributed by atoms with Crippen molar-refractivity contribution < 1.29 is 8.42 Å². The van der Waals surface area contributed by atoms with Gasteiger partial charge in [0.05, 0.1) is 4.90 Å². The molecule has 3 N–H and O–H groups in total. The SMILES string of the molecule is Cc1cc(C)c(C)c(S(=O)(=O)N[C@H](C)CN)c1C. The van der Waals surface area contributed by atoms with Gasteiger partial charge >= 0.3 is 0 Å². The summed E-state index contributed by atoms with van der Waals surface area (Å²) in [5.41, 5.74) is 9.04. The Balaban J connectivity index is 3.41. The van der Waals surface area contributed by atoms with Gasteiger partial charge in [-0.05, 0) is 56.9 Å². The van der Waals surface area contributed by atoms with Crippen molar-refractivity contribution in [1.82, 2.24) is 4.72 Å². The van der Waals surface area contributed by atoms with Crippen molar-refractivity contribution in [3.63, 3.8) is 0 Å². The Hall–Kier alpha value is -0.910. The third-order valence-electron chi connectivity index (χ3n) is 3.28. The summed E-state index contributed by atoms with van der Waals surface area (Å²) in [4.78, 5) is 0.389. The van der Waals surface area contributed by atoms with Crippen molar-refractivity contribution in [3.8, 4) is 0 Å². The van der Waals surface area contributed by atoms with E-state index >= 15 is 0 Å². The highest BCUT2D eigenvalue weighted by molar-refractivity contribution is 7.89. The molecule has 0 aliphatic rings. The number of hydrogen-bond acceptors (Lipinski definition) is 3. The number of benzene rings is 1. The van der Waals surface area contributed by atoms with E-state index in [2.05, 4.69) is 4.72 Å². The molecular weight excluding hydrogens is 248 g/mol. The molecule has 0 unspecified atom stereocenters. The quantitative estimate of drug-likeness (QED) is 0.872. The molecule has 0 amide bonds. The molecule has 0 spiro atoms. The van der Waals surface area contributed by atoms with Crippen LogP contribution in [0.3, 0.4) is 0 Å². The lowest BCUT2D eigenvalue weighted by molar-refractivity contribution is 0.561. The summed E-state index contributed by atoms with van der Waals surface area (Å²) in [5, 5.41) is 0. The van der Waals surface area contributed by atoms with Crippen LogP contribution in [0.1, 0.15) is 29.2 Å². The molecule has 0 saturated heterocycles. The first kappa shape index (κ1) is 15.1. The van der Waals surface area contributed by atoms with E-state index < -0.39 is 10.0 Å². The first-order valence-corrected chi connectivity index (χ1v) is 7.48. The third kappa shape index (κ3) is 2.91. The molecule has 0 radical (unpaired) electrons. The molecule has 1 aromatic carbocycles. The molecular formula is C13H22N2O2S. The van der Waals surface area contributed by atoms with Gasteiger partial charge in [0.2, 0.25) is 10.0 Å². The van der Waals surface area contributed by atoms with Crippen molar-refractivity contribution in [1.29, 1.82) is 0 Å². The normalized spacial score (nSPS) is 13.7. The molecule has 18 heavy (non-hydrogen) atoms. The van der Waals surface area contributed by atoms with Gasteiger partial charge in [-0.2, -0.15) is 0 Å². The smallest absolute Gasteiger partial charge is 0.241 e. The van der Waals surface area contributed by atoms with Crippen LogP contribution in [0.25, 0.3) is 0 Å². The second-order valence-corrected chi connectivity index (χ2v) is 6.50. The van der Waals surface area contributed by atoms with Gasteiger partial charge in [0.15, 0.2) is 0 Å². The minimum absolute atomic E-state index is 0.269. The lowest BCUT2D eigenvalue weighted by Crippen LogP contribution is -2.38. The van der Waals surface area contributed by atoms with E-state index in [9.17, 15) is 8.42 Å². The number of nitrogens with two attached hydrogens (primary N) is 1. The molecule has 1 atom stereocenters. The molecule has 0 saturated carbocycles. The Labute approximate surface area is 110 Å². The highest BCUT2D eigenvalue weighted by Gasteiger charge is 2.23. The topological polar surface area (TPSA) is 72.2 Å². The van der Waals surface area contributed by atoms with Crippen LogP contribution in [0.4, 0.5) is 0 Å². The number of hydrogen-bond donors (Lipinski definition) is 2. The fourth-order valence-electron chi connectivity index (χ4n) is 1.96. The van der Waals surface area contributed by atoms with E-state index in [-0.39, 0.29) is 12.6 Å².